The largest absolute Gasteiger partial charge is 0.495 e. The zero-order valence-electron chi connectivity index (χ0n) is 11.4. The molecule has 0 bridgehead atoms. The minimum absolute atomic E-state index is 0.0329. The van der Waals surface area contributed by atoms with Crippen molar-refractivity contribution >= 4 is 41.9 Å². The SMILES string of the molecule is COc1ccc(Br)cc1S(=O)(=O)NCc1ccc(F)c(Br)c1. The van der Waals surface area contributed by atoms with Crippen LogP contribution < -0.4 is 9.46 Å². The van der Waals surface area contributed by atoms with Crippen molar-refractivity contribution in [3.05, 3.63) is 56.7 Å². The van der Waals surface area contributed by atoms with Crippen LogP contribution in [0.15, 0.2) is 50.2 Å². The first kappa shape index (κ1) is 17.4. The van der Waals surface area contributed by atoms with E-state index in [0.29, 0.717) is 10.0 Å². The normalized spacial score (nSPS) is 11.5. The maximum Gasteiger partial charge on any atom is 0.244 e. The highest BCUT2D eigenvalue weighted by Gasteiger charge is 2.19. The van der Waals surface area contributed by atoms with Crippen molar-refractivity contribution in [3.63, 3.8) is 0 Å². The summed E-state index contributed by atoms with van der Waals surface area (Å²) >= 11 is 6.30. The lowest BCUT2D eigenvalue weighted by Gasteiger charge is -2.11. The van der Waals surface area contributed by atoms with Gasteiger partial charge >= 0.3 is 0 Å². The molecule has 22 heavy (non-hydrogen) atoms. The second-order valence-electron chi connectivity index (χ2n) is 4.37. The first-order chi connectivity index (χ1) is 10.3. The van der Waals surface area contributed by atoms with Crippen LogP contribution in [0.1, 0.15) is 5.56 Å². The molecule has 0 fully saturated rings. The molecule has 0 atom stereocenters. The van der Waals surface area contributed by atoms with Crippen molar-refractivity contribution in [1.29, 1.82) is 0 Å². The van der Waals surface area contributed by atoms with E-state index in [1.165, 1.54) is 31.4 Å². The molecule has 0 unspecified atom stereocenters. The number of ether oxygens (including phenoxy) is 1. The Hall–Kier alpha value is -0.960. The van der Waals surface area contributed by atoms with Gasteiger partial charge < -0.3 is 4.74 Å². The van der Waals surface area contributed by atoms with Crippen LogP contribution in [0.25, 0.3) is 0 Å². The predicted octanol–water partition coefficient (Wildman–Crippen LogP) is 3.84. The Labute approximate surface area is 145 Å². The minimum atomic E-state index is -3.76. The van der Waals surface area contributed by atoms with Gasteiger partial charge in [0, 0.05) is 11.0 Å². The standard InChI is InChI=1S/C14H12Br2FNO3S/c1-21-13-5-3-10(15)7-14(13)22(19,20)18-8-9-2-4-12(17)11(16)6-9/h2-7,18H,8H2,1H3. The summed E-state index contributed by atoms with van der Waals surface area (Å²) in [6.07, 6.45) is 0. The van der Waals surface area contributed by atoms with Crippen LogP contribution in [0.5, 0.6) is 5.75 Å². The summed E-state index contributed by atoms with van der Waals surface area (Å²) in [5.41, 5.74) is 0.630. The molecular formula is C14H12Br2FNO3S. The molecule has 2 rings (SSSR count). The molecule has 0 radical (unpaired) electrons. The van der Waals surface area contributed by atoms with Gasteiger partial charge in [-0.3, -0.25) is 0 Å². The van der Waals surface area contributed by atoms with E-state index in [1.807, 2.05) is 0 Å². The zero-order valence-corrected chi connectivity index (χ0v) is 15.4. The summed E-state index contributed by atoms with van der Waals surface area (Å²) in [6, 6.07) is 9.02. The highest BCUT2D eigenvalue weighted by atomic mass is 79.9. The van der Waals surface area contributed by atoms with E-state index in [4.69, 9.17) is 4.74 Å². The molecule has 0 amide bonds. The topological polar surface area (TPSA) is 55.4 Å². The third kappa shape index (κ3) is 4.07. The Morgan fingerprint density at radius 2 is 1.91 bits per heavy atom. The second-order valence-corrected chi connectivity index (χ2v) is 7.87. The van der Waals surface area contributed by atoms with E-state index >= 15 is 0 Å². The van der Waals surface area contributed by atoms with E-state index in [9.17, 15) is 12.8 Å². The second kappa shape index (κ2) is 7.08. The molecule has 0 aliphatic heterocycles. The molecule has 0 aliphatic rings. The first-order valence-electron chi connectivity index (χ1n) is 6.10. The average molecular weight is 453 g/mol. The van der Waals surface area contributed by atoms with Gasteiger partial charge in [-0.1, -0.05) is 22.0 Å². The van der Waals surface area contributed by atoms with Crippen molar-refractivity contribution in [1.82, 2.24) is 4.72 Å². The Morgan fingerprint density at radius 1 is 1.18 bits per heavy atom. The summed E-state index contributed by atoms with van der Waals surface area (Å²) < 4.78 is 46.4. The monoisotopic (exact) mass is 451 g/mol. The third-order valence-electron chi connectivity index (χ3n) is 2.87. The van der Waals surface area contributed by atoms with Crippen LogP contribution in [0.2, 0.25) is 0 Å². The van der Waals surface area contributed by atoms with E-state index < -0.39 is 15.8 Å². The number of benzene rings is 2. The van der Waals surface area contributed by atoms with Crippen LogP contribution in [0, 0.1) is 5.82 Å². The Kier molecular flexibility index (Phi) is 5.60. The highest BCUT2D eigenvalue weighted by molar-refractivity contribution is 9.10. The maximum absolute atomic E-state index is 13.2. The molecule has 4 nitrogen and oxygen atoms in total. The third-order valence-corrected chi connectivity index (χ3v) is 5.39. The highest BCUT2D eigenvalue weighted by Crippen LogP contribution is 2.27. The van der Waals surface area contributed by atoms with Crippen LogP contribution in [0.4, 0.5) is 4.39 Å². The van der Waals surface area contributed by atoms with E-state index in [0.717, 1.165) is 0 Å². The summed E-state index contributed by atoms with van der Waals surface area (Å²) in [7, 11) is -2.36. The minimum Gasteiger partial charge on any atom is -0.495 e. The van der Waals surface area contributed by atoms with Gasteiger partial charge in [0.05, 0.1) is 11.6 Å². The molecule has 118 valence electrons. The van der Waals surface area contributed by atoms with Crippen LogP contribution in [-0.4, -0.2) is 15.5 Å². The smallest absolute Gasteiger partial charge is 0.244 e. The molecule has 0 saturated heterocycles. The number of nitrogens with one attached hydrogen (secondary N) is 1. The number of sulfonamides is 1. The number of rotatable bonds is 5. The van der Waals surface area contributed by atoms with Gasteiger partial charge in [0.25, 0.3) is 0 Å². The molecule has 2 aromatic rings. The van der Waals surface area contributed by atoms with Crippen molar-refractivity contribution in [2.75, 3.05) is 7.11 Å². The molecule has 8 heteroatoms. The van der Waals surface area contributed by atoms with Gasteiger partial charge in [-0.15, -0.1) is 0 Å². The summed E-state index contributed by atoms with van der Waals surface area (Å²) in [6.45, 7) is 0.0386. The number of hydrogen-bond acceptors (Lipinski definition) is 3. The molecule has 0 saturated carbocycles. The summed E-state index contributed by atoms with van der Waals surface area (Å²) in [5, 5.41) is 0. The summed E-state index contributed by atoms with van der Waals surface area (Å²) in [5.74, 6) is -0.156. The van der Waals surface area contributed by atoms with E-state index in [-0.39, 0.29) is 21.7 Å². The zero-order chi connectivity index (χ0) is 16.3. The first-order valence-corrected chi connectivity index (χ1v) is 9.17. The van der Waals surface area contributed by atoms with Crippen LogP contribution in [0.3, 0.4) is 0 Å². The lowest BCUT2D eigenvalue weighted by molar-refractivity contribution is 0.402. The lowest BCUT2D eigenvalue weighted by atomic mass is 10.2. The Balaban J connectivity index is 2.24. The molecule has 0 spiro atoms. The van der Waals surface area contributed by atoms with Gasteiger partial charge in [-0.2, -0.15) is 0 Å². The van der Waals surface area contributed by atoms with Gasteiger partial charge in [-0.05, 0) is 51.8 Å². The van der Waals surface area contributed by atoms with Crippen molar-refractivity contribution in [3.8, 4) is 5.75 Å². The molecular weight excluding hydrogens is 441 g/mol. The van der Waals surface area contributed by atoms with Crippen LogP contribution >= 0.6 is 31.9 Å². The Morgan fingerprint density at radius 3 is 2.55 bits per heavy atom. The van der Waals surface area contributed by atoms with Crippen molar-refractivity contribution in [2.24, 2.45) is 0 Å². The fourth-order valence-electron chi connectivity index (χ4n) is 1.77. The molecule has 0 heterocycles. The quantitative estimate of drug-likeness (QED) is 0.749. The molecule has 0 aromatic heterocycles. The van der Waals surface area contributed by atoms with Gasteiger partial charge in [-0.25, -0.2) is 17.5 Å². The van der Waals surface area contributed by atoms with Gasteiger partial charge in [0.2, 0.25) is 10.0 Å². The van der Waals surface area contributed by atoms with Crippen LogP contribution in [-0.2, 0) is 16.6 Å². The predicted molar refractivity (Wildman–Crippen MR) is 88.8 cm³/mol. The van der Waals surface area contributed by atoms with Crippen molar-refractivity contribution in [2.45, 2.75) is 11.4 Å². The van der Waals surface area contributed by atoms with Gasteiger partial charge in [0.15, 0.2) is 0 Å². The molecule has 2 aromatic carbocycles. The maximum atomic E-state index is 13.2. The molecule has 1 N–H and O–H groups in total. The number of halogens is 3. The molecule has 0 aliphatic carbocycles. The average Bonchev–Trinajstić information content (AvgIpc) is 2.48. The van der Waals surface area contributed by atoms with E-state index in [1.54, 1.807) is 12.1 Å². The van der Waals surface area contributed by atoms with E-state index in [2.05, 4.69) is 36.6 Å². The van der Waals surface area contributed by atoms with Gasteiger partial charge in [0.1, 0.15) is 16.5 Å². The van der Waals surface area contributed by atoms with Crippen molar-refractivity contribution < 1.29 is 17.5 Å². The Bertz CT molecular complexity index is 797. The number of hydrogen-bond donors (Lipinski definition) is 1. The number of methoxy groups -OCH3 is 1. The lowest BCUT2D eigenvalue weighted by Crippen LogP contribution is -2.23. The fraction of sp³-hybridized carbons (Fsp3) is 0.143. The fourth-order valence-corrected chi connectivity index (χ4v) is 3.92. The summed E-state index contributed by atoms with van der Waals surface area (Å²) in [4.78, 5) is 0.0329.